The zero-order chi connectivity index (χ0) is 20.1. The van der Waals surface area contributed by atoms with Crippen molar-refractivity contribution < 1.29 is 9.18 Å². The molecule has 4 rings (SSSR count). The second kappa shape index (κ2) is 8.26. The molecule has 1 aromatic heterocycles. The number of carbonyl (C=O) groups is 1. The first-order chi connectivity index (χ1) is 14.2. The van der Waals surface area contributed by atoms with Gasteiger partial charge in [0.1, 0.15) is 5.82 Å². The molecule has 0 spiro atoms. The Bertz CT molecular complexity index is 1100. The molecule has 0 fully saturated rings. The molecule has 29 heavy (non-hydrogen) atoms. The summed E-state index contributed by atoms with van der Waals surface area (Å²) in [4.78, 5) is 16.9. The van der Waals surface area contributed by atoms with Crippen molar-refractivity contribution in [2.24, 2.45) is 5.10 Å². The summed E-state index contributed by atoms with van der Waals surface area (Å²) in [5, 5.41) is 8.15. The van der Waals surface area contributed by atoms with Crippen molar-refractivity contribution in [3.8, 4) is 17.1 Å². The van der Waals surface area contributed by atoms with Gasteiger partial charge in [0.25, 0.3) is 0 Å². The molecule has 0 aliphatic heterocycles. The Morgan fingerprint density at radius 3 is 2.31 bits per heavy atom. The standard InChI is InChI=1S/C22H16FN5O/c23-19-14-8-7-11-17(19)15-24-26-22(29)20-25-21(16-9-3-1-4-10-16)28(27-20)18-12-5-2-6-13-18/h1-15H,(H,26,29)/b24-15+. The number of halogens is 1. The van der Waals surface area contributed by atoms with Crippen LogP contribution in [0.15, 0.2) is 90.0 Å². The first kappa shape index (κ1) is 18.2. The molecule has 142 valence electrons. The molecule has 0 radical (unpaired) electrons. The molecule has 0 unspecified atom stereocenters. The molecule has 1 N–H and O–H groups in total. The number of hydrazone groups is 1. The average Bonchev–Trinajstić information content (AvgIpc) is 3.22. The topological polar surface area (TPSA) is 72.2 Å². The molecule has 0 saturated heterocycles. The third-order valence-electron chi connectivity index (χ3n) is 4.12. The van der Waals surface area contributed by atoms with E-state index < -0.39 is 11.7 Å². The first-order valence-corrected chi connectivity index (χ1v) is 8.88. The van der Waals surface area contributed by atoms with Crippen LogP contribution in [0.3, 0.4) is 0 Å². The number of amides is 1. The summed E-state index contributed by atoms with van der Waals surface area (Å²) in [6.45, 7) is 0. The maximum Gasteiger partial charge on any atom is 0.311 e. The normalized spacial score (nSPS) is 10.9. The molecule has 0 aliphatic rings. The Balaban J connectivity index is 1.63. The van der Waals surface area contributed by atoms with Gasteiger partial charge in [-0.2, -0.15) is 5.10 Å². The maximum atomic E-state index is 13.6. The van der Waals surface area contributed by atoms with Crippen LogP contribution in [0.25, 0.3) is 17.1 Å². The van der Waals surface area contributed by atoms with Crippen LogP contribution in [-0.4, -0.2) is 26.9 Å². The SMILES string of the molecule is O=C(N/N=C/c1ccccc1F)c1nc(-c2ccccc2)n(-c2ccccc2)n1. The third-order valence-corrected chi connectivity index (χ3v) is 4.12. The number of hydrogen-bond donors (Lipinski definition) is 1. The lowest BCUT2D eigenvalue weighted by molar-refractivity contribution is 0.0945. The molecule has 0 saturated carbocycles. The minimum Gasteiger partial charge on any atom is -0.264 e. The fourth-order valence-electron chi connectivity index (χ4n) is 2.72. The fourth-order valence-corrected chi connectivity index (χ4v) is 2.72. The highest BCUT2D eigenvalue weighted by atomic mass is 19.1. The van der Waals surface area contributed by atoms with Crippen LogP contribution in [0, 0.1) is 5.82 Å². The summed E-state index contributed by atoms with van der Waals surface area (Å²) in [5.41, 5.74) is 4.20. The quantitative estimate of drug-likeness (QED) is 0.419. The second-order valence-corrected chi connectivity index (χ2v) is 6.09. The van der Waals surface area contributed by atoms with E-state index in [0.29, 0.717) is 5.82 Å². The number of carbonyl (C=O) groups excluding carboxylic acids is 1. The highest BCUT2D eigenvalue weighted by Gasteiger charge is 2.18. The number of aromatic nitrogens is 3. The van der Waals surface area contributed by atoms with E-state index in [2.05, 4.69) is 20.6 Å². The van der Waals surface area contributed by atoms with Crippen LogP contribution in [0.2, 0.25) is 0 Å². The minimum atomic E-state index is -0.593. The molecule has 3 aromatic carbocycles. The molecule has 6 nitrogen and oxygen atoms in total. The summed E-state index contributed by atoms with van der Waals surface area (Å²) >= 11 is 0. The van der Waals surface area contributed by atoms with Crippen LogP contribution >= 0.6 is 0 Å². The summed E-state index contributed by atoms with van der Waals surface area (Å²) in [6.07, 6.45) is 1.24. The van der Waals surface area contributed by atoms with Crippen LogP contribution in [0.4, 0.5) is 4.39 Å². The van der Waals surface area contributed by atoms with E-state index in [1.54, 1.807) is 22.9 Å². The van der Waals surface area contributed by atoms with Crippen molar-refractivity contribution in [2.45, 2.75) is 0 Å². The van der Waals surface area contributed by atoms with Gasteiger partial charge in [-0.15, -0.1) is 5.10 Å². The Labute approximate surface area is 166 Å². The number of rotatable bonds is 5. The Morgan fingerprint density at radius 2 is 1.59 bits per heavy atom. The van der Waals surface area contributed by atoms with Gasteiger partial charge >= 0.3 is 5.91 Å². The Morgan fingerprint density at radius 1 is 0.931 bits per heavy atom. The van der Waals surface area contributed by atoms with Gasteiger partial charge in [-0.3, -0.25) is 4.79 Å². The molecular weight excluding hydrogens is 369 g/mol. The summed E-state index contributed by atoms with van der Waals surface area (Å²) in [7, 11) is 0. The van der Waals surface area contributed by atoms with Gasteiger partial charge in [-0.25, -0.2) is 19.5 Å². The fraction of sp³-hybridized carbons (Fsp3) is 0. The van der Waals surface area contributed by atoms with Crippen molar-refractivity contribution in [3.63, 3.8) is 0 Å². The van der Waals surface area contributed by atoms with E-state index in [-0.39, 0.29) is 11.4 Å². The average molecular weight is 385 g/mol. The summed E-state index contributed by atoms with van der Waals surface area (Å²) in [6, 6.07) is 25.0. The van der Waals surface area contributed by atoms with Crippen molar-refractivity contribution in [1.29, 1.82) is 0 Å². The zero-order valence-electron chi connectivity index (χ0n) is 15.2. The molecule has 4 aromatic rings. The zero-order valence-corrected chi connectivity index (χ0v) is 15.2. The largest absolute Gasteiger partial charge is 0.311 e. The number of nitrogens with zero attached hydrogens (tertiary/aromatic N) is 4. The Hall–Kier alpha value is -4.13. The Kier molecular flexibility index (Phi) is 5.20. The lowest BCUT2D eigenvalue weighted by Crippen LogP contribution is -2.19. The predicted molar refractivity (Wildman–Crippen MR) is 108 cm³/mol. The van der Waals surface area contributed by atoms with Crippen molar-refractivity contribution >= 4 is 12.1 Å². The van der Waals surface area contributed by atoms with Gasteiger partial charge in [0.15, 0.2) is 5.82 Å². The van der Waals surface area contributed by atoms with Crippen molar-refractivity contribution in [3.05, 3.63) is 102 Å². The highest BCUT2D eigenvalue weighted by Crippen LogP contribution is 2.20. The minimum absolute atomic E-state index is 0.0432. The van der Waals surface area contributed by atoms with E-state index >= 15 is 0 Å². The van der Waals surface area contributed by atoms with Crippen LogP contribution in [0.5, 0.6) is 0 Å². The summed E-state index contributed by atoms with van der Waals surface area (Å²) in [5.74, 6) is -0.536. The molecule has 1 amide bonds. The highest BCUT2D eigenvalue weighted by molar-refractivity contribution is 5.92. The van der Waals surface area contributed by atoms with E-state index in [0.717, 1.165) is 11.3 Å². The van der Waals surface area contributed by atoms with Gasteiger partial charge < -0.3 is 0 Å². The van der Waals surface area contributed by atoms with Gasteiger partial charge in [-0.1, -0.05) is 66.7 Å². The molecule has 7 heteroatoms. The van der Waals surface area contributed by atoms with Crippen LogP contribution in [-0.2, 0) is 0 Å². The lowest BCUT2D eigenvalue weighted by atomic mass is 10.2. The molecule has 0 atom stereocenters. The van der Waals surface area contributed by atoms with E-state index in [1.807, 2.05) is 60.7 Å². The van der Waals surface area contributed by atoms with Crippen molar-refractivity contribution in [1.82, 2.24) is 20.2 Å². The second-order valence-electron chi connectivity index (χ2n) is 6.09. The first-order valence-electron chi connectivity index (χ1n) is 8.88. The van der Waals surface area contributed by atoms with Crippen LogP contribution < -0.4 is 5.43 Å². The van der Waals surface area contributed by atoms with Gasteiger partial charge in [0, 0.05) is 11.1 Å². The van der Waals surface area contributed by atoms with E-state index in [9.17, 15) is 9.18 Å². The van der Waals surface area contributed by atoms with Gasteiger partial charge in [-0.05, 0) is 18.2 Å². The van der Waals surface area contributed by atoms with Gasteiger partial charge in [0.05, 0.1) is 11.9 Å². The molecular formula is C22H16FN5O. The number of nitrogens with one attached hydrogen (secondary N) is 1. The molecule has 1 heterocycles. The smallest absolute Gasteiger partial charge is 0.264 e. The molecule has 0 aliphatic carbocycles. The number of hydrogen-bond acceptors (Lipinski definition) is 4. The summed E-state index contributed by atoms with van der Waals surface area (Å²) < 4.78 is 15.2. The molecule has 0 bridgehead atoms. The third kappa shape index (κ3) is 4.08. The van der Waals surface area contributed by atoms with Crippen LogP contribution in [0.1, 0.15) is 16.2 Å². The number of para-hydroxylation sites is 1. The van der Waals surface area contributed by atoms with E-state index in [4.69, 9.17) is 0 Å². The predicted octanol–water partition coefficient (Wildman–Crippen LogP) is 3.84. The van der Waals surface area contributed by atoms with Gasteiger partial charge in [0.2, 0.25) is 5.82 Å². The maximum absolute atomic E-state index is 13.6. The van der Waals surface area contributed by atoms with Crippen molar-refractivity contribution in [2.75, 3.05) is 0 Å². The monoisotopic (exact) mass is 385 g/mol. The van der Waals surface area contributed by atoms with E-state index in [1.165, 1.54) is 12.3 Å². The number of benzene rings is 3. The lowest BCUT2D eigenvalue weighted by Gasteiger charge is -2.05.